The van der Waals surface area contributed by atoms with Gasteiger partial charge in [-0.25, -0.2) is 0 Å². The number of ketones is 1. The van der Waals surface area contributed by atoms with Crippen LogP contribution in [0.2, 0.25) is 0 Å². The second kappa shape index (κ2) is 22.5. The summed E-state index contributed by atoms with van der Waals surface area (Å²) in [4.78, 5) is 75.8. The van der Waals surface area contributed by atoms with Crippen molar-refractivity contribution in [2.75, 3.05) is 34.9 Å². The van der Waals surface area contributed by atoms with E-state index in [9.17, 15) is 24.0 Å². The van der Waals surface area contributed by atoms with Crippen molar-refractivity contribution in [1.82, 2.24) is 25.3 Å². The fourth-order valence-electron chi connectivity index (χ4n) is 8.51. The number of likely N-dealkylation sites (tertiary alicyclic amines) is 1. The first-order valence-electron chi connectivity index (χ1n) is 21.9. The first kappa shape index (κ1) is 51.8. The van der Waals surface area contributed by atoms with Crippen LogP contribution in [0.4, 0.5) is 0 Å². The molecule has 1 saturated heterocycles. The van der Waals surface area contributed by atoms with Crippen molar-refractivity contribution < 1.29 is 33.4 Å². The summed E-state index contributed by atoms with van der Waals surface area (Å²) < 4.78 is 12.1. The molecule has 12 nitrogen and oxygen atoms in total. The summed E-state index contributed by atoms with van der Waals surface area (Å²) in [5.41, 5.74) is 0.0155. The highest BCUT2D eigenvalue weighted by Crippen LogP contribution is 2.30. The predicted molar refractivity (Wildman–Crippen MR) is 236 cm³/mol. The molecule has 1 fully saturated rings. The average molecular weight is 828 g/mol. The van der Waals surface area contributed by atoms with Crippen molar-refractivity contribution in [3.8, 4) is 0 Å². The predicted octanol–water partition coefficient (Wildman–Crippen LogP) is 6.15. The van der Waals surface area contributed by atoms with Gasteiger partial charge >= 0.3 is 0 Å². The number of methoxy groups -OCH3 is 2. The zero-order chi connectivity index (χ0) is 45.2. The van der Waals surface area contributed by atoms with Gasteiger partial charge < -0.3 is 29.9 Å². The maximum absolute atomic E-state index is 14.5. The van der Waals surface area contributed by atoms with Crippen molar-refractivity contribution in [1.29, 1.82) is 0 Å². The molecule has 4 amide bonds. The standard InChI is InChI=1S/C47H81N5O7/c1-18-31(6)40(50(14)45(57)38(29(2)3)49-44(56)39(30(4)5)51(15)47(11,12)13)36(58-16)28-37(53)52-26-22-25-35(52)41(59-17)32(7)43(55)48-34(42(54)46(8,9)10)27-33-23-20-19-21-24-33/h19-21,23-24,29-32,34-36,38-41H,18,22,25-28H2,1-17H3,(H,48,55)(H,49,56)/t31-,32+,34-,35-,36+,38-,39-,40?,41+/m0/s1. The monoisotopic (exact) mass is 828 g/mol. The van der Waals surface area contributed by atoms with Crippen LogP contribution in [-0.4, -0.2) is 127 Å². The van der Waals surface area contributed by atoms with Gasteiger partial charge in [0, 0.05) is 38.8 Å². The largest absolute Gasteiger partial charge is 0.379 e. The van der Waals surface area contributed by atoms with E-state index in [-0.39, 0.29) is 65.2 Å². The molecule has 1 aromatic carbocycles. The van der Waals surface area contributed by atoms with Crippen LogP contribution in [0.5, 0.6) is 0 Å². The molecule has 0 radical (unpaired) electrons. The van der Waals surface area contributed by atoms with E-state index in [1.165, 1.54) is 0 Å². The van der Waals surface area contributed by atoms with Gasteiger partial charge in [0.1, 0.15) is 6.04 Å². The second-order valence-corrected chi connectivity index (χ2v) is 19.7. The number of likely N-dealkylation sites (N-methyl/N-ethyl adjacent to an activating group) is 2. The Morgan fingerprint density at radius 1 is 0.847 bits per heavy atom. The number of nitrogens with zero attached hydrogens (tertiary/aromatic N) is 3. The molecule has 0 aliphatic carbocycles. The second-order valence-electron chi connectivity index (χ2n) is 19.7. The lowest BCUT2D eigenvalue weighted by molar-refractivity contribution is -0.148. The van der Waals surface area contributed by atoms with Crippen molar-refractivity contribution >= 4 is 29.4 Å². The van der Waals surface area contributed by atoms with Crippen LogP contribution < -0.4 is 10.6 Å². The zero-order valence-electron chi connectivity index (χ0n) is 39.7. The summed E-state index contributed by atoms with van der Waals surface area (Å²) >= 11 is 0. The minimum Gasteiger partial charge on any atom is -0.379 e. The Kier molecular flexibility index (Phi) is 19.7. The van der Waals surface area contributed by atoms with E-state index in [4.69, 9.17) is 9.47 Å². The van der Waals surface area contributed by atoms with Crippen LogP contribution in [0.3, 0.4) is 0 Å². The van der Waals surface area contributed by atoms with Gasteiger partial charge in [-0.1, -0.05) is 106 Å². The molecule has 0 spiro atoms. The van der Waals surface area contributed by atoms with Crippen LogP contribution in [0.15, 0.2) is 30.3 Å². The summed E-state index contributed by atoms with van der Waals surface area (Å²) in [6, 6.07) is 6.84. The lowest BCUT2D eigenvalue weighted by atomic mass is 9.83. The van der Waals surface area contributed by atoms with Gasteiger partial charge in [-0.05, 0) is 70.4 Å². The van der Waals surface area contributed by atoms with Crippen molar-refractivity contribution in [2.45, 2.75) is 170 Å². The van der Waals surface area contributed by atoms with Crippen molar-refractivity contribution in [3.05, 3.63) is 35.9 Å². The topological polar surface area (TPSA) is 138 Å². The summed E-state index contributed by atoms with van der Waals surface area (Å²) in [6.07, 6.45) is 1.24. The Hall–Kier alpha value is -3.35. The number of nitrogens with one attached hydrogen (secondary N) is 2. The van der Waals surface area contributed by atoms with E-state index >= 15 is 0 Å². The first-order valence-corrected chi connectivity index (χ1v) is 21.9. The normalized spacial score (nSPS) is 19.1. The molecule has 1 unspecified atom stereocenters. The molecule has 1 aliphatic heterocycles. The number of rotatable bonds is 21. The van der Waals surface area contributed by atoms with E-state index < -0.39 is 47.7 Å². The summed E-state index contributed by atoms with van der Waals surface area (Å²) in [5, 5.41) is 6.16. The van der Waals surface area contributed by atoms with Gasteiger partial charge in [0.15, 0.2) is 5.78 Å². The highest BCUT2D eigenvalue weighted by atomic mass is 16.5. The summed E-state index contributed by atoms with van der Waals surface area (Å²) in [6.45, 7) is 26.0. The molecule has 0 saturated carbocycles. The number of carbonyl (C=O) groups excluding carboxylic acids is 5. The van der Waals surface area contributed by atoms with Crippen LogP contribution in [0.1, 0.15) is 121 Å². The molecule has 2 rings (SSSR count). The number of hydrogen-bond donors (Lipinski definition) is 2. The van der Waals surface area contributed by atoms with Gasteiger partial charge in [-0.2, -0.15) is 0 Å². The lowest BCUT2D eigenvalue weighted by Crippen LogP contribution is -2.61. The van der Waals surface area contributed by atoms with E-state index in [1.807, 2.05) is 92.8 Å². The Morgan fingerprint density at radius 2 is 1.44 bits per heavy atom. The minimum atomic E-state index is -0.786. The maximum atomic E-state index is 14.5. The number of ether oxygens (including phenoxy) is 2. The van der Waals surface area contributed by atoms with Crippen LogP contribution in [0, 0.1) is 29.1 Å². The number of Topliss-reactive ketones (excluding diaryl/α,β-unsaturated/α-hetero) is 1. The summed E-state index contributed by atoms with van der Waals surface area (Å²) in [7, 11) is 6.81. The van der Waals surface area contributed by atoms with E-state index in [1.54, 1.807) is 38.0 Å². The third kappa shape index (κ3) is 13.8. The van der Waals surface area contributed by atoms with E-state index in [0.717, 1.165) is 18.4 Å². The maximum Gasteiger partial charge on any atom is 0.245 e. The Morgan fingerprint density at radius 3 is 1.92 bits per heavy atom. The van der Waals surface area contributed by atoms with Gasteiger partial charge in [-0.3, -0.25) is 28.9 Å². The molecule has 0 bridgehead atoms. The molecule has 9 atom stereocenters. The average Bonchev–Trinajstić information content (AvgIpc) is 3.65. The molecule has 0 aromatic heterocycles. The summed E-state index contributed by atoms with van der Waals surface area (Å²) in [5.74, 6) is -1.83. The Balaban J connectivity index is 2.34. The molecule has 1 heterocycles. The van der Waals surface area contributed by atoms with Crippen LogP contribution in [-0.2, 0) is 39.9 Å². The highest BCUT2D eigenvalue weighted by molar-refractivity contribution is 5.93. The molecular weight excluding hydrogens is 747 g/mol. The van der Waals surface area contributed by atoms with Crippen molar-refractivity contribution in [2.24, 2.45) is 29.1 Å². The molecule has 1 aliphatic rings. The number of amides is 4. The smallest absolute Gasteiger partial charge is 0.245 e. The lowest BCUT2D eigenvalue weighted by Gasteiger charge is -2.42. The van der Waals surface area contributed by atoms with Gasteiger partial charge in [0.2, 0.25) is 23.6 Å². The third-order valence-electron chi connectivity index (χ3n) is 12.5. The zero-order valence-corrected chi connectivity index (χ0v) is 39.7. The van der Waals surface area contributed by atoms with Crippen molar-refractivity contribution in [3.63, 3.8) is 0 Å². The number of benzene rings is 1. The first-order chi connectivity index (χ1) is 27.3. The van der Waals surface area contributed by atoms with E-state index in [0.29, 0.717) is 19.4 Å². The molecule has 59 heavy (non-hydrogen) atoms. The SMILES string of the molecule is CC[C@H](C)C([C@@H](CC(=O)N1CCC[C@H]1[C@H](OC)[C@@H](C)C(=O)N[C@@H](Cc1ccccc1)C(=O)C(C)(C)C)OC)N(C)C(=O)[C@@H](NC(=O)[C@H](C(C)C)N(C)C(C)(C)C)C(C)C. The molecule has 1 aromatic rings. The Labute approximate surface area is 357 Å². The fourth-order valence-corrected chi connectivity index (χ4v) is 8.51. The number of hydrogen-bond acceptors (Lipinski definition) is 8. The Bertz CT molecular complexity index is 1520. The van der Waals surface area contributed by atoms with Crippen LogP contribution >= 0.6 is 0 Å². The van der Waals surface area contributed by atoms with Gasteiger partial charge in [-0.15, -0.1) is 0 Å². The van der Waals surface area contributed by atoms with Gasteiger partial charge in [0.05, 0.1) is 48.7 Å². The van der Waals surface area contributed by atoms with Gasteiger partial charge in [0.25, 0.3) is 0 Å². The molecule has 336 valence electrons. The van der Waals surface area contributed by atoms with E-state index in [2.05, 4.69) is 43.2 Å². The quantitative estimate of drug-likeness (QED) is 0.151. The highest BCUT2D eigenvalue weighted by Gasteiger charge is 2.44. The minimum absolute atomic E-state index is 0.00956. The third-order valence-corrected chi connectivity index (χ3v) is 12.5. The van der Waals surface area contributed by atoms with Crippen LogP contribution in [0.25, 0.3) is 0 Å². The number of carbonyl (C=O) groups is 5. The molecule has 2 N–H and O–H groups in total. The molecular formula is C47H81N5O7. The molecule has 12 heteroatoms. The fraction of sp³-hybridized carbons (Fsp3) is 0.766.